The fourth-order valence-corrected chi connectivity index (χ4v) is 1.89. The molecule has 1 fully saturated rings. The van der Waals surface area contributed by atoms with Gasteiger partial charge in [0.05, 0.1) is 25.0 Å². The maximum Gasteiger partial charge on any atom is 0.293 e. The van der Waals surface area contributed by atoms with Gasteiger partial charge >= 0.3 is 0 Å². The first-order chi connectivity index (χ1) is 8.72. The molecule has 1 aromatic heterocycles. The number of carbonyl (C=O) groups excluding carboxylic acids is 1. The molecule has 0 aromatic carbocycles. The van der Waals surface area contributed by atoms with E-state index in [1.54, 1.807) is 6.20 Å². The lowest BCUT2D eigenvalue weighted by Gasteiger charge is -2.31. The number of rotatable bonds is 5. The van der Waals surface area contributed by atoms with Crippen LogP contribution in [0.1, 0.15) is 24.8 Å². The molecule has 1 aliphatic heterocycles. The van der Waals surface area contributed by atoms with Gasteiger partial charge in [0.2, 0.25) is 0 Å². The normalized spacial score (nSPS) is 28.0. The number of carbonyl (C=O) groups is 1. The SMILES string of the molecule is O=COCc1cn(C2CC(O)CC(CO)O2)nn1. The number of aromatic nitrogens is 3. The van der Waals surface area contributed by atoms with E-state index in [9.17, 15) is 9.90 Å². The van der Waals surface area contributed by atoms with E-state index in [0.29, 0.717) is 25.0 Å². The quantitative estimate of drug-likeness (QED) is 0.650. The van der Waals surface area contributed by atoms with Gasteiger partial charge in [-0.15, -0.1) is 5.10 Å². The lowest BCUT2D eigenvalue weighted by atomic mass is 10.1. The number of hydrogen-bond donors (Lipinski definition) is 2. The molecule has 3 unspecified atom stereocenters. The maximum atomic E-state index is 10.0. The molecule has 0 aliphatic carbocycles. The zero-order valence-corrected chi connectivity index (χ0v) is 9.68. The molecule has 2 heterocycles. The van der Waals surface area contributed by atoms with Gasteiger partial charge in [0.15, 0.2) is 6.23 Å². The van der Waals surface area contributed by atoms with E-state index < -0.39 is 18.4 Å². The summed E-state index contributed by atoms with van der Waals surface area (Å²) in [6, 6.07) is 0. The topological polar surface area (TPSA) is 107 Å². The standard InChI is InChI=1S/C10H15N3O5/c14-4-9-1-8(16)2-10(18-9)13-3-7(11-12-13)5-17-6-15/h3,6,8-10,14,16H,1-2,4-5H2. The molecule has 0 radical (unpaired) electrons. The first-order valence-electron chi connectivity index (χ1n) is 5.63. The Morgan fingerprint density at radius 3 is 3.17 bits per heavy atom. The smallest absolute Gasteiger partial charge is 0.293 e. The van der Waals surface area contributed by atoms with E-state index in [4.69, 9.17) is 9.84 Å². The summed E-state index contributed by atoms with van der Waals surface area (Å²) in [5, 5.41) is 26.4. The molecular formula is C10H15N3O5. The van der Waals surface area contributed by atoms with Crippen LogP contribution in [0, 0.1) is 0 Å². The van der Waals surface area contributed by atoms with Crippen LogP contribution in [0.4, 0.5) is 0 Å². The van der Waals surface area contributed by atoms with E-state index in [-0.39, 0.29) is 13.2 Å². The summed E-state index contributed by atoms with van der Waals surface area (Å²) >= 11 is 0. The van der Waals surface area contributed by atoms with Crippen molar-refractivity contribution in [3.63, 3.8) is 0 Å². The average molecular weight is 257 g/mol. The predicted octanol–water partition coefficient (Wildman–Crippen LogP) is -1.02. The molecule has 0 bridgehead atoms. The third kappa shape index (κ3) is 3.03. The molecule has 8 heteroatoms. The summed E-state index contributed by atoms with van der Waals surface area (Å²) in [5.74, 6) is 0. The van der Waals surface area contributed by atoms with Crippen LogP contribution in [-0.2, 0) is 20.9 Å². The second-order valence-electron chi connectivity index (χ2n) is 4.12. The Hall–Kier alpha value is -1.51. The van der Waals surface area contributed by atoms with E-state index in [1.807, 2.05) is 0 Å². The van der Waals surface area contributed by atoms with Crippen molar-refractivity contribution in [1.82, 2.24) is 15.0 Å². The number of aliphatic hydroxyl groups excluding tert-OH is 2. The highest BCUT2D eigenvalue weighted by Crippen LogP contribution is 2.26. The predicted molar refractivity (Wildman–Crippen MR) is 57.1 cm³/mol. The molecule has 100 valence electrons. The maximum absolute atomic E-state index is 10.0. The number of hydrogen-bond acceptors (Lipinski definition) is 7. The summed E-state index contributed by atoms with van der Waals surface area (Å²) in [6.45, 7) is 0.229. The molecule has 18 heavy (non-hydrogen) atoms. The van der Waals surface area contributed by atoms with E-state index in [2.05, 4.69) is 15.0 Å². The summed E-state index contributed by atoms with van der Waals surface area (Å²) in [6.07, 6.45) is 0.956. The first-order valence-corrected chi connectivity index (χ1v) is 5.63. The van der Waals surface area contributed by atoms with E-state index in [0.717, 1.165) is 0 Å². The lowest BCUT2D eigenvalue weighted by Crippen LogP contribution is -2.36. The van der Waals surface area contributed by atoms with Gasteiger partial charge in [-0.2, -0.15) is 0 Å². The van der Waals surface area contributed by atoms with Gasteiger partial charge in [-0.1, -0.05) is 5.21 Å². The highest BCUT2D eigenvalue weighted by Gasteiger charge is 2.29. The Balaban J connectivity index is 2.01. The molecular weight excluding hydrogens is 242 g/mol. The second-order valence-corrected chi connectivity index (χ2v) is 4.12. The van der Waals surface area contributed by atoms with Crippen LogP contribution in [0.2, 0.25) is 0 Å². The van der Waals surface area contributed by atoms with Crippen molar-refractivity contribution in [1.29, 1.82) is 0 Å². The fourth-order valence-electron chi connectivity index (χ4n) is 1.89. The summed E-state index contributed by atoms with van der Waals surface area (Å²) in [7, 11) is 0. The molecule has 2 N–H and O–H groups in total. The van der Waals surface area contributed by atoms with Crippen molar-refractivity contribution in [3.05, 3.63) is 11.9 Å². The summed E-state index contributed by atoms with van der Waals surface area (Å²) < 4.78 is 11.6. The Morgan fingerprint density at radius 1 is 1.61 bits per heavy atom. The monoisotopic (exact) mass is 257 g/mol. The van der Waals surface area contributed by atoms with Crippen LogP contribution in [0.25, 0.3) is 0 Å². The van der Waals surface area contributed by atoms with Crippen molar-refractivity contribution in [2.24, 2.45) is 0 Å². The highest BCUT2D eigenvalue weighted by molar-refractivity contribution is 5.36. The molecule has 1 saturated heterocycles. The van der Waals surface area contributed by atoms with Gasteiger partial charge in [-0.05, 0) is 0 Å². The van der Waals surface area contributed by atoms with Crippen LogP contribution >= 0.6 is 0 Å². The Bertz CT molecular complexity index is 397. The van der Waals surface area contributed by atoms with Crippen LogP contribution in [0.3, 0.4) is 0 Å². The summed E-state index contributed by atoms with van der Waals surface area (Å²) in [4.78, 5) is 10.0. The van der Waals surface area contributed by atoms with Gasteiger partial charge in [-0.25, -0.2) is 4.68 Å². The molecule has 1 aromatic rings. The van der Waals surface area contributed by atoms with Crippen molar-refractivity contribution in [3.8, 4) is 0 Å². The van der Waals surface area contributed by atoms with Gasteiger partial charge in [-0.3, -0.25) is 4.79 Å². The van der Waals surface area contributed by atoms with E-state index in [1.165, 1.54) is 4.68 Å². The highest BCUT2D eigenvalue weighted by atomic mass is 16.5. The minimum Gasteiger partial charge on any atom is -0.461 e. The van der Waals surface area contributed by atoms with Crippen LogP contribution in [-0.4, -0.2) is 50.5 Å². The Morgan fingerprint density at radius 2 is 2.44 bits per heavy atom. The number of nitrogens with zero attached hydrogens (tertiary/aromatic N) is 3. The zero-order chi connectivity index (χ0) is 13.0. The van der Waals surface area contributed by atoms with Gasteiger partial charge < -0.3 is 19.7 Å². The molecule has 3 atom stereocenters. The Kier molecular flexibility index (Phi) is 4.24. The molecule has 8 nitrogen and oxygen atoms in total. The van der Waals surface area contributed by atoms with Crippen LogP contribution in [0.5, 0.6) is 0 Å². The molecule has 0 saturated carbocycles. The molecule has 1 aliphatic rings. The third-order valence-electron chi connectivity index (χ3n) is 2.71. The van der Waals surface area contributed by atoms with Crippen molar-refractivity contribution in [2.75, 3.05) is 6.61 Å². The third-order valence-corrected chi connectivity index (χ3v) is 2.71. The van der Waals surface area contributed by atoms with Crippen molar-refractivity contribution in [2.45, 2.75) is 37.9 Å². The van der Waals surface area contributed by atoms with E-state index >= 15 is 0 Å². The van der Waals surface area contributed by atoms with Gasteiger partial charge in [0.1, 0.15) is 12.3 Å². The first kappa shape index (κ1) is 12.9. The van der Waals surface area contributed by atoms with Crippen molar-refractivity contribution >= 4 is 6.47 Å². The zero-order valence-electron chi connectivity index (χ0n) is 9.68. The molecule has 0 amide bonds. The number of aliphatic hydroxyl groups is 2. The molecule has 0 spiro atoms. The van der Waals surface area contributed by atoms with Crippen LogP contribution < -0.4 is 0 Å². The van der Waals surface area contributed by atoms with Crippen molar-refractivity contribution < 1.29 is 24.5 Å². The largest absolute Gasteiger partial charge is 0.461 e. The Labute approximate surface area is 103 Å². The minimum atomic E-state index is -0.542. The fraction of sp³-hybridized carbons (Fsp3) is 0.700. The number of ether oxygens (including phenoxy) is 2. The van der Waals surface area contributed by atoms with Gasteiger partial charge in [0, 0.05) is 12.8 Å². The lowest BCUT2D eigenvalue weighted by molar-refractivity contribution is -0.146. The molecule has 2 rings (SSSR count). The van der Waals surface area contributed by atoms with Crippen LogP contribution in [0.15, 0.2) is 6.20 Å². The van der Waals surface area contributed by atoms with Gasteiger partial charge in [0.25, 0.3) is 6.47 Å². The average Bonchev–Trinajstić information content (AvgIpc) is 2.84. The second kappa shape index (κ2) is 5.89. The minimum absolute atomic E-state index is 0.0439. The summed E-state index contributed by atoms with van der Waals surface area (Å²) in [5.41, 5.74) is 0.492.